The lowest BCUT2D eigenvalue weighted by molar-refractivity contribution is -0.141. The van der Waals surface area contributed by atoms with E-state index >= 15 is 0 Å². The van der Waals surface area contributed by atoms with E-state index in [1.807, 2.05) is 31.1 Å². The number of hydrogen-bond donors (Lipinski definition) is 0. The average Bonchev–Trinajstić information content (AvgIpc) is 2.41. The van der Waals surface area contributed by atoms with Crippen LogP contribution in [0.1, 0.15) is 19.4 Å². The summed E-state index contributed by atoms with van der Waals surface area (Å²) < 4.78 is 10.2. The Hall–Kier alpha value is -2.30. The lowest BCUT2D eigenvalue weighted by Gasteiger charge is -2.11. The van der Waals surface area contributed by atoms with Crippen molar-refractivity contribution in [3.05, 3.63) is 36.0 Å². The number of ether oxygens (including phenoxy) is 2. The molecule has 0 aliphatic carbocycles. The monoisotopic (exact) mass is 291 g/mol. The molecule has 0 spiro atoms. The van der Waals surface area contributed by atoms with Crippen molar-refractivity contribution in [2.24, 2.45) is 0 Å². The van der Waals surface area contributed by atoms with Crippen LogP contribution in [0.5, 0.6) is 5.75 Å². The molecule has 0 bridgehead atoms. The highest BCUT2D eigenvalue weighted by Crippen LogP contribution is 2.20. The number of allylic oxidation sites excluding steroid dienone is 1. The van der Waals surface area contributed by atoms with Crippen LogP contribution < -0.4 is 4.74 Å². The molecule has 0 unspecified atom stereocenters. The van der Waals surface area contributed by atoms with Crippen LogP contribution >= 0.6 is 0 Å². The van der Waals surface area contributed by atoms with Gasteiger partial charge in [0.1, 0.15) is 19.0 Å². The minimum absolute atomic E-state index is 0.00669. The molecule has 0 saturated carbocycles. The predicted molar refractivity (Wildman–Crippen MR) is 80.9 cm³/mol. The number of carbonyl (C=O) groups excluding carboxylic acids is 2. The Bertz CT molecular complexity index is 518. The molecule has 1 aromatic rings. The number of hydrogen-bond acceptors (Lipinski definition) is 5. The maximum Gasteiger partial charge on any atom is 0.302 e. The highest BCUT2D eigenvalue weighted by molar-refractivity contribution is 6.19. The Kier molecular flexibility index (Phi) is 6.46. The lowest BCUT2D eigenvalue weighted by atomic mass is 10.0. The third-order valence-corrected chi connectivity index (χ3v) is 2.59. The smallest absolute Gasteiger partial charge is 0.302 e. The van der Waals surface area contributed by atoms with Crippen molar-refractivity contribution in [2.75, 3.05) is 27.3 Å². The average molecular weight is 291 g/mol. The highest BCUT2D eigenvalue weighted by atomic mass is 16.6. The van der Waals surface area contributed by atoms with Gasteiger partial charge in [-0.1, -0.05) is 12.1 Å². The summed E-state index contributed by atoms with van der Waals surface area (Å²) in [5.41, 5.74) is 1.48. The molecule has 1 rings (SSSR count). The van der Waals surface area contributed by atoms with Crippen LogP contribution in [0.2, 0.25) is 0 Å². The highest BCUT2D eigenvalue weighted by Gasteiger charge is 2.08. The summed E-state index contributed by atoms with van der Waals surface area (Å²) in [5.74, 6) is 0.347. The van der Waals surface area contributed by atoms with Gasteiger partial charge in [0.2, 0.25) is 0 Å². The normalized spacial score (nSPS) is 11.0. The van der Waals surface area contributed by atoms with Crippen LogP contribution in [0.3, 0.4) is 0 Å². The fourth-order valence-corrected chi connectivity index (χ4v) is 1.70. The zero-order chi connectivity index (χ0) is 15.8. The van der Waals surface area contributed by atoms with Gasteiger partial charge >= 0.3 is 5.97 Å². The molecule has 0 aliphatic rings. The number of ketones is 1. The molecule has 0 fully saturated rings. The molecule has 0 atom stereocenters. The van der Waals surface area contributed by atoms with Gasteiger partial charge in [-0.2, -0.15) is 0 Å². The first-order chi connectivity index (χ1) is 9.90. The van der Waals surface area contributed by atoms with Crippen molar-refractivity contribution in [3.8, 4) is 5.75 Å². The maximum atomic E-state index is 11.7. The minimum Gasteiger partial charge on any atom is -0.490 e. The molecular formula is C16H21NO4. The van der Waals surface area contributed by atoms with Crippen LogP contribution in [0.25, 0.3) is 5.57 Å². The van der Waals surface area contributed by atoms with E-state index in [-0.39, 0.29) is 18.4 Å². The molecule has 0 amide bonds. The molecule has 0 heterocycles. The van der Waals surface area contributed by atoms with E-state index in [0.29, 0.717) is 17.9 Å². The molecule has 21 heavy (non-hydrogen) atoms. The fraction of sp³-hybridized carbons (Fsp3) is 0.375. The SMILES string of the molecule is CC(=O)OCCOc1ccc(C(=CN(C)C)C(C)=O)cc1. The van der Waals surface area contributed by atoms with Gasteiger partial charge in [-0.3, -0.25) is 9.59 Å². The summed E-state index contributed by atoms with van der Waals surface area (Å²) in [7, 11) is 3.74. The summed E-state index contributed by atoms with van der Waals surface area (Å²) in [6.07, 6.45) is 1.79. The first kappa shape index (κ1) is 16.8. The van der Waals surface area contributed by atoms with Crippen LogP contribution in [-0.2, 0) is 14.3 Å². The van der Waals surface area contributed by atoms with E-state index in [1.165, 1.54) is 6.92 Å². The maximum absolute atomic E-state index is 11.7. The Morgan fingerprint density at radius 3 is 2.19 bits per heavy atom. The largest absolute Gasteiger partial charge is 0.490 e. The molecule has 5 heteroatoms. The predicted octanol–water partition coefficient (Wildman–Crippen LogP) is 2.12. The molecule has 0 radical (unpaired) electrons. The van der Waals surface area contributed by atoms with Crippen molar-refractivity contribution in [2.45, 2.75) is 13.8 Å². The molecule has 0 aromatic heterocycles. The van der Waals surface area contributed by atoms with Crippen molar-refractivity contribution in [1.82, 2.24) is 4.90 Å². The van der Waals surface area contributed by atoms with Crippen LogP contribution in [0.4, 0.5) is 0 Å². The van der Waals surface area contributed by atoms with Gasteiger partial charge in [0, 0.05) is 32.8 Å². The Labute approximate surface area is 125 Å². The summed E-state index contributed by atoms with van der Waals surface area (Å²) in [6.45, 7) is 3.41. The van der Waals surface area contributed by atoms with E-state index in [4.69, 9.17) is 9.47 Å². The van der Waals surface area contributed by atoms with Crippen molar-refractivity contribution >= 4 is 17.3 Å². The fourth-order valence-electron chi connectivity index (χ4n) is 1.70. The lowest BCUT2D eigenvalue weighted by Crippen LogP contribution is -2.09. The Balaban J connectivity index is 2.68. The summed E-state index contributed by atoms with van der Waals surface area (Å²) >= 11 is 0. The second-order valence-corrected chi connectivity index (χ2v) is 4.78. The second-order valence-electron chi connectivity index (χ2n) is 4.78. The van der Waals surface area contributed by atoms with E-state index in [0.717, 1.165) is 5.56 Å². The van der Waals surface area contributed by atoms with Gasteiger partial charge < -0.3 is 14.4 Å². The summed E-state index contributed by atoms with van der Waals surface area (Å²) in [5, 5.41) is 0. The Morgan fingerprint density at radius 1 is 1.10 bits per heavy atom. The summed E-state index contributed by atoms with van der Waals surface area (Å²) in [6, 6.07) is 7.24. The zero-order valence-corrected chi connectivity index (χ0v) is 12.9. The quantitative estimate of drug-likeness (QED) is 0.437. The number of esters is 1. The number of benzene rings is 1. The van der Waals surface area contributed by atoms with E-state index < -0.39 is 0 Å². The minimum atomic E-state index is -0.325. The van der Waals surface area contributed by atoms with Crippen molar-refractivity contribution in [1.29, 1.82) is 0 Å². The van der Waals surface area contributed by atoms with E-state index in [9.17, 15) is 9.59 Å². The zero-order valence-electron chi connectivity index (χ0n) is 12.9. The van der Waals surface area contributed by atoms with Gasteiger partial charge in [-0.15, -0.1) is 0 Å². The van der Waals surface area contributed by atoms with Crippen LogP contribution in [0, 0.1) is 0 Å². The van der Waals surface area contributed by atoms with Gasteiger partial charge in [0.05, 0.1) is 0 Å². The molecule has 114 valence electrons. The van der Waals surface area contributed by atoms with Crippen molar-refractivity contribution in [3.63, 3.8) is 0 Å². The van der Waals surface area contributed by atoms with Gasteiger partial charge in [0.15, 0.2) is 5.78 Å². The first-order valence-corrected chi connectivity index (χ1v) is 6.66. The third kappa shape index (κ3) is 6.12. The topological polar surface area (TPSA) is 55.8 Å². The molecular weight excluding hydrogens is 270 g/mol. The number of Topliss-reactive ketones (excluding diaryl/α,β-unsaturated/α-hetero) is 1. The van der Waals surface area contributed by atoms with Gasteiger partial charge in [-0.25, -0.2) is 0 Å². The molecule has 5 nitrogen and oxygen atoms in total. The van der Waals surface area contributed by atoms with Crippen molar-refractivity contribution < 1.29 is 19.1 Å². The first-order valence-electron chi connectivity index (χ1n) is 6.66. The second kappa shape index (κ2) is 8.09. The summed E-state index contributed by atoms with van der Waals surface area (Å²) in [4.78, 5) is 24.1. The third-order valence-electron chi connectivity index (χ3n) is 2.59. The molecule has 0 N–H and O–H groups in total. The standard InChI is InChI=1S/C16H21NO4/c1-12(18)16(11-17(3)4)14-5-7-15(8-6-14)21-10-9-20-13(2)19/h5-8,11H,9-10H2,1-4H3. The van der Waals surface area contributed by atoms with Crippen LogP contribution in [-0.4, -0.2) is 44.0 Å². The molecule has 0 aliphatic heterocycles. The molecule has 1 aromatic carbocycles. The van der Waals surface area contributed by atoms with Crippen LogP contribution in [0.15, 0.2) is 30.5 Å². The Morgan fingerprint density at radius 2 is 1.71 bits per heavy atom. The van der Waals surface area contributed by atoms with Gasteiger partial charge in [-0.05, 0) is 24.6 Å². The number of nitrogens with zero attached hydrogens (tertiary/aromatic N) is 1. The molecule has 0 saturated heterocycles. The van der Waals surface area contributed by atoms with E-state index in [2.05, 4.69) is 0 Å². The number of carbonyl (C=O) groups is 2. The van der Waals surface area contributed by atoms with E-state index in [1.54, 1.807) is 25.3 Å². The van der Waals surface area contributed by atoms with Gasteiger partial charge in [0.25, 0.3) is 0 Å². The number of rotatable bonds is 7.